The van der Waals surface area contributed by atoms with Crippen LogP contribution in [0.25, 0.3) is 0 Å². The molecule has 3 nitrogen and oxygen atoms in total. The number of piperazine rings is 1. The Hall–Kier alpha value is -0.120. The van der Waals surface area contributed by atoms with Crippen molar-refractivity contribution in [3.8, 4) is 0 Å². The number of rotatable bonds is 3. The van der Waals surface area contributed by atoms with Crippen LogP contribution in [0.2, 0.25) is 0 Å². The van der Waals surface area contributed by atoms with E-state index in [-0.39, 0.29) is 11.1 Å². The van der Waals surface area contributed by atoms with Gasteiger partial charge in [0.25, 0.3) is 0 Å². The van der Waals surface area contributed by atoms with Gasteiger partial charge in [-0.3, -0.25) is 4.90 Å². The van der Waals surface area contributed by atoms with Gasteiger partial charge in [0, 0.05) is 38.8 Å². The summed E-state index contributed by atoms with van der Waals surface area (Å²) in [5.74, 6) is 0. The Bertz CT molecular complexity index is 218. The first kappa shape index (κ1) is 11.4. The van der Waals surface area contributed by atoms with Crippen LogP contribution in [0.15, 0.2) is 0 Å². The van der Waals surface area contributed by atoms with E-state index in [1.165, 1.54) is 19.3 Å². The molecule has 0 aromatic rings. The van der Waals surface area contributed by atoms with Crippen LogP contribution in [-0.4, -0.2) is 49.3 Å². The molecule has 0 aromatic carbocycles. The summed E-state index contributed by atoms with van der Waals surface area (Å²) in [6.07, 6.45) is 3.82. The molecule has 15 heavy (non-hydrogen) atoms. The molecule has 0 atom stereocenters. The van der Waals surface area contributed by atoms with E-state index in [0.29, 0.717) is 0 Å². The molecule has 1 N–H and O–H groups in total. The minimum absolute atomic E-state index is 0.188. The molecule has 0 aromatic heterocycles. The summed E-state index contributed by atoms with van der Waals surface area (Å²) in [7, 11) is 1.87. The van der Waals surface area contributed by atoms with Gasteiger partial charge >= 0.3 is 0 Å². The van der Waals surface area contributed by atoms with Crippen LogP contribution in [0, 0.1) is 0 Å². The van der Waals surface area contributed by atoms with Crippen LogP contribution in [-0.2, 0) is 4.74 Å². The number of hydrogen-bond donors (Lipinski definition) is 1. The summed E-state index contributed by atoms with van der Waals surface area (Å²) in [6.45, 7) is 9.08. The Morgan fingerprint density at radius 3 is 2.53 bits per heavy atom. The second-order valence-corrected chi connectivity index (χ2v) is 5.76. The number of nitrogens with one attached hydrogen (secondary N) is 1. The fraction of sp³-hybridized carbons (Fsp3) is 1.00. The molecule has 0 amide bonds. The molecule has 0 spiro atoms. The topological polar surface area (TPSA) is 24.5 Å². The summed E-state index contributed by atoms with van der Waals surface area (Å²) in [6, 6.07) is 0. The predicted octanol–water partition coefficient (Wildman–Crippen LogP) is 1.24. The summed E-state index contributed by atoms with van der Waals surface area (Å²) in [5, 5.41) is 3.55. The van der Waals surface area contributed by atoms with Gasteiger partial charge in [-0.2, -0.15) is 0 Å². The van der Waals surface area contributed by atoms with Crippen LogP contribution < -0.4 is 5.32 Å². The lowest BCUT2D eigenvalue weighted by atomic mass is 9.79. The van der Waals surface area contributed by atoms with Crippen molar-refractivity contribution in [2.45, 2.75) is 44.2 Å². The molecule has 0 unspecified atom stereocenters. The zero-order valence-corrected chi connectivity index (χ0v) is 10.3. The second-order valence-electron chi connectivity index (χ2n) is 5.76. The van der Waals surface area contributed by atoms with Gasteiger partial charge in [-0.05, 0) is 33.1 Å². The molecule has 0 radical (unpaired) electrons. The van der Waals surface area contributed by atoms with E-state index in [0.717, 1.165) is 26.2 Å². The van der Waals surface area contributed by atoms with Crippen LogP contribution in [0.4, 0.5) is 0 Å². The SMILES string of the molecule is COC1(CN2CCNC(C)(C)C2)CCC1. The third-order valence-corrected chi connectivity index (χ3v) is 3.86. The van der Waals surface area contributed by atoms with Gasteiger partial charge in [0.05, 0.1) is 5.60 Å². The molecule has 1 aliphatic heterocycles. The van der Waals surface area contributed by atoms with Crippen LogP contribution >= 0.6 is 0 Å². The van der Waals surface area contributed by atoms with Crippen molar-refractivity contribution < 1.29 is 4.74 Å². The smallest absolute Gasteiger partial charge is 0.0805 e. The average Bonchev–Trinajstić information content (AvgIpc) is 2.10. The van der Waals surface area contributed by atoms with E-state index in [1.54, 1.807) is 0 Å². The maximum atomic E-state index is 5.68. The number of nitrogens with zero attached hydrogens (tertiary/aromatic N) is 1. The lowest BCUT2D eigenvalue weighted by Crippen LogP contribution is -2.61. The quantitative estimate of drug-likeness (QED) is 0.762. The van der Waals surface area contributed by atoms with Crippen molar-refractivity contribution in [2.75, 3.05) is 33.3 Å². The van der Waals surface area contributed by atoms with Crippen molar-refractivity contribution in [3.63, 3.8) is 0 Å². The Kier molecular flexibility index (Phi) is 3.06. The lowest BCUT2D eigenvalue weighted by molar-refractivity contribution is -0.0963. The van der Waals surface area contributed by atoms with E-state index in [2.05, 4.69) is 24.1 Å². The highest BCUT2D eigenvalue weighted by Gasteiger charge is 2.40. The van der Waals surface area contributed by atoms with Crippen molar-refractivity contribution in [1.82, 2.24) is 10.2 Å². The highest BCUT2D eigenvalue weighted by Crippen LogP contribution is 2.36. The van der Waals surface area contributed by atoms with E-state index in [4.69, 9.17) is 4.74 Å². The fourth-order valence-corrected chi connectivity index (χ4v) is 2.79. The first-order valence-corrected chi connectivity index (χ1v) is 6.08. The van der Waals surface area contributed by atoms with Gasteiger partial charge < -0.3 is 10.1 Å². The standard InChI is InChI=1S/C12H24N2O/c1-11(2)9-14(8-7-13-11)10-12(15-3)5-4-6-12/h13H,4-10H2,1-3H3. The normalized spacial score (nSPS) is 29.8. The van der Waals surface area contributed by atoms with E-state index >= 15 is 0 Å². The maximum Gasteiger partial charge on any atom is 0.0805 e. The van der Waals surface area contributed by atoms with Crippen molar-refractivity contribution in [1.29, 1.82) is 0 Å². The van der Waals surface area contributed by atoms with E-state index in [1.807, 2.05) is 7.11 Å². The maximum absolute atomic E-state index is 5.68. The molecule has 1 saturated carbocycles. The molecule has 2 aliphatic rings. The molecule has 1 heterocycles. The van der Waals surface area contributed by atoms with Gasteiger partial charge in [-0.1, -0.05) is 0 Å². The zero-order chi connectivity index (χ0) is 10.9. The van der Waals surface area contributed by atoms with Crippen molar-refractivity contribution in [2.24, 2.45) is 0 Å². The first-order valence-electron chi connectivity index (χ1n) is 6.08. The zero-order valence-electron chi connectivity index (χ0n) is 10.3. The Morgan fingerprint density at radius 1 is 1.33 bits per heavy atom. The third-order valence-electron chi connectivity index (χ3n) is 3.86. The van der Waals surface area contributed by atoms with Gasteiger partial charge in [-0.15, -0.1) is 0 Å². The largest absolute Gasteiger partial charge is 0.377 e. The van der Waals surface area contributed by atoms with Gasteiger partial charge in [0.1, 0.15) is 0 Å². The van der Waals surface area contributed by atoms with E-state index in [9.17, 15) is 0 Å². The van der Waals surface area contributed by atoms with Crippen molar-refractivity contribution in [3.05, 3.63) is 0 Å². The number of methoxy groups -OCH3 is 1. The minimum atomic E-state index is 0.188. The average molecular weight is 212 g/mol. The van der Waals surface area contributed by atoms with Gasteiger partial charge in [-0.25, -0.2) is 0 Å². The minimum Gasteiger partial charge on any atom is -0.377 e. The molecule has 88 valence electrons. The fourth-order valence-electron chi connectivity index (χ4n) is 2.79. The Balaban J connectivity index is 1.88. The monoisotopic (exact) mass is 212 g/mol. The Morgan fingerprint density at radius 2 is 2.07 bits per heavy atom. The van der Waals surface area contributed by atoms with Crippen LogP contribution in [0.1, 0.15) is 33.1 Å². The molecule has 2 fully saturated rings. The molecule has 3 heteroatoms. The molecule has 1 aliphatic carbocycles. The molecule has 1 saturated heterocycles. The number of ether oxygens (including phenoxy) is 1. The van der Waals surface area contributed by atoms with Gasteiger partial charge in [0.2, 0.25) is 0 Å². The summed E-state index contributed by atoms with van der Waals surface area (Å²) >= 11 is 0. The van der Waals surface area contributed by atoms with E-state index < -0.39 is 0 Å². The predicted molar refractivity (Wildman–Crippen MR) is 62.1 cm³/mol. The molecular formula is C12H24N2O. The highest BCUT2D eigenvalue weighted by molar-refractivity contribution is 4.95. The molecule has 2 rings (SSSR count). The summed E-state index contributed by atoms with van der Waals surface area (Å²) in [5.41, 5.74) is 0.449. The molecule has 0 bridgehead atoms. The van der Waals surface area contributed by atoms with Gasteiger partial charge in [0.15, 0.2) is 0 Å². The highest BCUT2D eigenvalue weighted by atomic mass is 16.5. The Labute approximate surface area is 93.2 Å². The molecular weight excluding hydrogens is 188 g/mol. The summed E-state index contributed by atoms with van der Waals surface area (Å²) in [4.78, 5) is 2.55. The van der Waals surface area contributed by atoms with Crippen LogP contribution in [0.5, 0.6) is 0 Å². The third kappa shape index (κ3) is 2.52. The second kappa shape index (κ2) is 4.04. The number of hydrogen-bond acceptors (Lipinski definition) is 3. The lowest BCUT2D eigenvalue weighted by Gasteiger charge is -2.47. The van der Waals surface area contributed by atoms with Crippen molar-refractivity contribution >= 4 is 0 Å². The summed E-state index contributed by atoms with van der Waals surface area (Å²) < 4.78 is 5.68. The van der Waals surface area contributed by atoms with Crippen LogP contribution in [0.3, 0.4) is 0 Å². The first-order chi connectivity index (χ1) is 7.05.